The fraction of sp³-hybridized carbons (Fsp3) is 0.400. The number of hydrogen-bond donors (Lipinski definition) is 1. The van der Waals surface area contributed by atoms with Gasteiger partial charge in [0.15, 0.2) is 0 Å². The van der Waals surface area contributed by atoms with Crippen molar-refractivity contribution in [3.8, 4) is 0 Å². The van der Waals surface area contributed by atoms with E-state index in [0.717, 1.165) is 12.8 Å². The minimum absolute atomic E-state index is 0.0458. The van der Waals surface area contributed by atoms with E-state index in [4.69, 9.17) is 23.2 Å². The highest BCUT2D eigenvalue weighted by Crippen LogP contribution is 2.33. The summed E-state index contributed by atoms with van der Waals surface area (Å²) in [4.78, 5) is 28.9. The predicted octanol–water partition coefficient (Wildman–Crippen LogP) is 5.28. The molecule has 0 aliphatic heterocycles. The maximum atomic E-state index is 12.9. The Labute approximate surface area is 173 Å². The molecule has 0 spiro atoms. The Kier molecular flexibility index (Phi) is 6.45. The van der Waals surface area contributed by atoms with Crippen LogP contribution in [-0.4, -0.2) is 29.8 Å². The highest BCUT2D eigenvalue weighted by molar-refractivity contribution is 7.14. The predicted molar refractivity (Wildman–Crippen MR) is 112 cm³/mol. The average Bonchev–Trinajstić information content (AvgIpc) is 3.05. The molecule has 1 atom stereocenters. The molecule has 1 heterocycles. The van der Waals surface area contributed by atoms with Crippen LogP contribution < -0.4 is 5.32 Å². The van der Waals surface area contributed by atoms with Gasteiger partial charge in [0.05, 0.1) is 20.6 Å². The summed E-state index contributed by atoms with van der Waals surface area (Å²) in [6, 6.07) is 7.02. The van der Waals surface area contributed by atoms with Crippen LogP contribution in [0.15, 0.2) is 24.3 Å². The molecule has 1 aliphatic carbocycles. The number of aryl methyl sites for hydroxylation is 1. The second-order valence-electron chi connectivity index (χ2n) is 6.87. The quantitative estimate of drug-likeness (QED) is 0.709. The van der Waals surface area contributed by atoms with Gasteiger partial charge in [-0.2, -0.15) is 0 Å². The molecular formula is C20H22Cl2N2O2S. The Bertz CT molecular complexity index is 845. The van der Waals surface area contributed by atoms with Crippen LogP contribution in [0, 0.1) is 5.92 Å². The van der Waals surface area contributed by atoms with Crippen molar-refractivity contribution >= 4 is 52.0 Å². The molecule has 27 heavy (non-hydrogen) atoms. The summed E-state index contributed by atoms with van der Waals surface area (Å²) in [5.74, 6) is 0.226. The third-order valence-electron chi connectivity index (χ3n) is 4.77. The van der Waals surface area contributed by atoms with Gasteiger partial charge in [0.2, 0.25) is 5.91 Å². The number of para-hydroxylation sites is 1. The third-order valence-corrected chi connectivity index (χ3v) is 6.63. The largest absolute Gasteiger partial charge is 0.329 e. The van der Waals surface area contributed by atoms with Crippen molar-refractivity contribution in [3.05, 3.63) is 49.6 Å². The fourth-order valence-electron chi connectivity index (χ4n) is 3.26. The van der Waals surface area contributed by atoms with Crippen LogP contribution in [0.25, 0.3) is 0 Å². The number of nitrogens with zero attached hydrogens (tertiary/aromatic N) is 1. The summed E-state index contributed by atoms with van der Waals surface area (Å²) in [7, 11) is 0. The van der Waals surface area contributed by atoms with Gasteiger partial charge in [-0.25, -0.2) is 0 Å². The van der Waals surface area contributed by atoms with E-state index >= 15 is 0 Å². The van der Waals surface area contributed by atoms with Gasteiger partial charge in [0.25, 0.3) is 5.91 Å². The van der Waals surface area contributed by atoms with Crippen LogP contribution in [0.3, 0.4) is 0 Å². The minimum Gasteiger partial charge on any atom is -0.329 e. The monoisotopic (exact) mass is 424 g/mol. The van der Waals surface area contributed by atoms with Gasteiger partial charge in [-0.1, -0.05) is 36.2 Å². The minimum atomic E-state index is -0.324. The zero-order valence-corrected chi connectivity index (χ0v) is 17.7. The number of thiophene rings is 1. The van der Waals surface area contributed by atoms with Crippen molar-refractivity contribution < 1.29 is 9.59 Å². The molecular weight excluding hydrogens is 403 g/mol. The SMILES string of the molecule is CCN(CC(=O)Nc1c(Cl)cccc1Cl)C(=O)c1cc2c(s1)CC[C@H](C)C2. The Morgan fingerprint density at radius 2 is 2.00 bits per heavy atom. The lowest BCUT2D eigenvalue weighted by Crippen LogP contribution is -2.37. The third kappa shape index (κ3) is 4.65. The van der Waals surface area contributed by atoms with Crippen LogP contribution >= 0.6 is 34.5 Å². The van der Waals surface area contributed by atoms with E-state index < -0.39 is 0 Å². The summed E-state index contributed by atoms with van der Waals surface area (Å²) in [5.41, 5.74) is 1.65. The molecule has 2 amide bonds. The number of halogens is 2. The molecule has 0 fully saturated rings. The molecule has 1 N–H and O–H groups in total. The summed E-state index contributed by atoms with van der Waals surface area (Å²) < 4.78 is 0. The van der Waals surface area contributed by atoms with Gasteiger partial charge in [-0.3, -0.25) is 9.59 Å². The zero-order valence-electron chi connectivity index (χ0n) is 15.4. The Hall–Kier alpha value is -1.56. The molecule has 0 radical (unpaired) electrons. The Morgan fingerprint density at radius 1 is 1.30 bits per heavy atom. The number of hydrogen-bond acceptors (Lipinski definition) is 3. The first-order chi connectivity index (χ1) is 12.9. The van der Waals surface area contributed by atoms with Gasteiger partial charge in [0, 0.05) is 11.4 Å². The molecule has 0 saturated carbocycles. The number of fused-ring (bicyclic) bond motifs is 1. The summed E-state index contributed by atoms with van der Waals surface area (Å²) in [5, 5.41) is 3.44. The van der Waals surface area contributed by atoms with E-state index in [1.165, 1.54) is 16.9 Å². The zero-order chi connectivity index (χ0) is 19.6. The molecule has 1 aliphatic rings. The average molecular weight is 425 g/mol. The standard InChI is InChI=1S/C20H22Cl2N2O2S/c1-3-24(11-18(25)23-19-14(21)5-4-6-15(19)22)20(26)17-10-13-9-12(2)7-8-16(13)27-17/h4-6,10,12H,3,7-9,11H2,1-2H3,(H,23,25)/t12-/m0/s1. The molecule has 1 aromatic carbocycles. The first-order valence-electron chi connectivity index (χ1n) is 9.03. The number of nitrogens with one attached hydrogen (secondary N) is 1. The topological polar surface area (TPSA) is 49.4 Å². The fourth-order valence-corrected chi connectivity index (χ4v) is 4.93. The van der Waals surface area contributed by atoms with E-state index in [2.05, 4.69) is 12.2 Å². The lowest BCUT2D eigenvalue weighted by Gasteiger charge is -2.20. The molecule has 144 valence electrons. The molecule has 0 saturated heterocycles. The van der Waals surface area contributed by atoms with Crippen molar-refractivity contribution in [1.29, 1.82) is 0 Å². The smallest absolute Gasteiger partial charge is 0.264 e. The van der Waals surface area contributed by atoms with Crippen molar-refractivity contribution in [2.24, 2.45) is 5.92 Å². The molecule has 0 bridgehead atoms. The molecule has 0 unspecified atom stereocenters. The number of carbonyl (C=O) groups excluding carboxylic acids is 2. The molecule has 7 heteroatoms. The van der Waals surface area contributed by atoms with Gasteiger partial charge in [0.1, 0.15) is 6.54 Å². The summed E-state index contributed by atoms with van der Waals surface area (Å²) in [6.07, 6.45) is 3.22. The van der Waals surface area contributed by atoms with Crippen LogP contribution in [0.5, 0.6) is 0 Å². The van der Waals surface area contributed by atoms with Gasteiger partial charge >= 0.3 is 0 Å². The Balaban J connectivity index is 1.69. The van der Waals surface area contributed by atoms with Crippen LogP contribution in [0.1, 0.15) is 40.4 Å². The van der Waals surface area contributed by atoms with Crippen LogP contribution in [-0.2, 0) is 17.6 Å². The van der Waals surface area contributed by atoms with Crippen LogP contribution in [0.4, 0.5) is 5.69 Å². The number of rotatable bonds is 5. The van der Waals surface area contributed by atoms with Crippen molar-refractivity contribution in [1.82, 2.24) is 4.90 Å². The van der Waals surface area contributed by atoms with E-state index in [9.17, 15) is 9.59 Å². The summed E-state index contributed by atoms with van der Waals surface area (Å²) in [6.45, 7) is 4.51. The number of amides is 2. The van der Waals surface area contributed by atoms with E-state index in [0.29, 0.717) is 33.1 Å². The first kappa shape index (κ1) is 20.2. The molecule has 4 nitrogen and oxygen atoms in total. The van der Waals surface area contributed by atoms with Gasteiger partial charge < -0.3 is 10.2 Å². The van der Waals surface area contributed by atoms with E-state index in [-0.39, 0.29) is 18.4 Å². The van der Waals surface area contributed by atoms with Gasteiger partial charge in [-0.05, 0) is 55.9 Å². The lowest BCUT2D eigenvalue weighted by atomic mass is 9.90. The highest BCUT2D eigenvalue weighted by Gasteiger charge is 2.24. The normalized spacial score (nSPS) is 15.9. The first-order valence-corrected chi connectivity index (χ1v) is 10.6. The van der Waals surface area contributed by atoms with Gasteiger partial charge in [-0.15, -0.1) is 11.3 Å². The number of carbonyl (C=O) groups is 2. The number of anilines is 1. The molecule has 2 aromatic rings. The molecule has 1 aromatic heterocycles. The maximum absolute atomic E-state index is 12.9. The molecule has 3 rings (SSSR count). The highest BCUT2D eigenvalue weighted by atomic mass is 35.5. The van der Waals surface area contributed by atoms with E-state index in [1.807, 2.05) is 13.0 Å². The van der Waals surface area contributed by atoms with Crippen LogP contribution in [0.2, 0.25) is 10.0 Å². The number of benzene rings is 1. The second kappa shape index (κ2) is 8.63. The maximum Gasteiger partial charge on any atom is 0.264 e. The Morgan fingerprint density at radius 3 is 2.67 bits per heavy atom. The lowest BCUT2D eigenvalue weighted by molar-refractivity contribution is -0.116. The second-order valence-corrected chi connectivity index (χ2v) is 8.82. The van der Waals surface area contributed by atoms with E-state index in [1.54, 1.807) is 34.4 Å². The van der Waals surface area contributed by atoms with Crippen molar-refractivity contribution in [2.75, 3.05) is 18.4 Å². The van der Waals surface area contributed by atoms with Crippen molar-refractivity contribution in [2.45, 2.75) is 33.1 Å². The van der Waals surface area contributed by atoms with Crippen molar-refractivity contribution in [3.63, 3.8) is 0 Å². The number of likely N-dealkylation sites (N-methyl/N-ethyl adjacent to an activating group) is 1. The summed E-state index contributed by atoms with van der Waals surface area (Å²) >= 11 is 13.7.